The first kappa shape index (κ1) is 18.7. The molecule has 140 valence electrons. The van der Waals surface area contributed by atoms with Crippen LogP contribution >= 0.6 is 39.1 Å². The third kappa shape index (κ3) is 3.82. The van der Waals surface area contributed by atoms with E-state index in [1.54, 1.807) is 29.0 Å². The maximum absolute atomic E-state index is 12.9. The summed E-state index contributed by atoms with van der Waals surface area (Å²) < 4.78 is 2.24. The second-order valence-electron chi connectivity index (χ2n) is 6.35. The van der Waals surface area contributed by atoms with Crippen LogP contribution in [0.4, 0.5) is 0 Å². The van der Waals surface area contributed by atoms with Crippen molar-refractivity contribution in [3.63, 3.8) is 0 Å². The van der Waals surface area contributed by atoms with E-state index in [0.29, 0.717) is 38.9 Å². The molecule has 1 amide bonds. The summed E-state index contributed by atoms with van der Waals surface area (Å²) in [6.45, 7) is 3.55. The number of nitrogens with zero attached hydrogens (tertiary/aromatic N) is 5. The molecule has 0 unspecified atom stereocenters. The zero-order chi connectivity index (χ0) is 19.0. The third-order valence-corrected chi connectivity index (χ3v) is 5.93. The largest absolute Gasteiger partial charge is 0.335 e. The highest BCUT2D eigenvalue weighted by molar-refractivity contribution is 9.10. The molecule has 1 aliphatic heterocycles. The van der Waals surface area contributed by atoms with Gasteiger partial charge in [-0.2, -0.15) is 5.10 Å². The molecule has 3 aromatic rings. The van der Waals surface area contributed by atoms with Crippen molar-refractivity contribution in [2.24, 2.45) is 0 Å². The number of fused-ring (bicyclic) bond motifs is 1. The minimum atomic E-state index is -0.0865. The molecule has 27 heavy (non-hydrogen) atoms. The Morgan fingerprint density at radius 3 is 2.67 bits per heavy atom. The molecule has 3 heterocycles. The van der Waals surface area contributed by atoms with Gasteiger partial charge in [0.25, 0.3) is 5.91 Å². The Morgan fingerprint density at radius 1 is 1.19 bits per heavy atom. The Morgan fingerprint density at radius 2 is 1.96 bits per heavy atom. The van der Waals surface area contributed by atoms with Crippen molar-refractivity contribution in [3.05, 3.63) is 62.4 Å². The van der Waals surface area contributed by atoms with Gasteiger partial charge in [0.15, 0.2) is 11.3 Å². The lowest BCUT2D eigenvalue weighted by Gasteiger charge is -2.34. The highest BCUT2D eigenvalue weighted by Gasteiger charge is 2.27. The van der Waals surface area contributed by atoms with Crippen LogP contribution in [0.1, 0.15) is 16.1 Å². The molecule has 0 atom stereocenters. The van der Waals surface area contributed by atoms with Crippen LogP contribution in [0.25, 0.3) is 5.65 Å². The van der Waals surface area contributed by atoms with Gasteiger partial charge in [-0.15, -0.1) is 0 Å². The van der Waals surface area contributed by atoms with E-state index >= 15 is 0 Å². The maximum Gasteiger partial charge on any atom is 0.275 e. The maximum atomic E-state index is 12.9. The molecule has 0 spiro atoms. The zero-order valence-electron chi connectivity index (χ0n) is 14.3. The minimum absolute atomic E-state index is 0.0865. The molecule has 1 aromatic carbocycles. The van der Waals surface area contributed by atoms with Gasteiger partial charge in [-0.3, -0.25) is 9.69 Å². The first-order valence-corrected chi connectivity index (χ1v) is 10.0. The predicted molar refractivity (Wildman–Crippen MR) is 108 cm³/mol. The van der Waals surface area contributed by atoms with Crippen molar-refractivity contribution in [3.8, 4) is 0 Å². The lowest BCUT2D eigenvalue weighted by molar-refractivity contribution is 0.0621. The van der Waals surface area contributed by atoms with Gasteiger partial charge in [-0.05, 0) is 39.7 Å². The predicted octanol–water partition coefficient (Wildman–Crippen LogP) is 3.76. The number of benzene rings is 1. The van der Waals surface area contributed by atoms with Gasteiger partial charge in [-0.1, -0.05) is 29.3 Å². The highest BCUT2D eigenvalue weighted by Crippen LogP contribution is 2.24. The first-order chi connectivity index (χ1) is 13.0. The van der Waals surface area contributed by atoms with Crippen molar-refractivity contribution >= 4 is 50.7 Å². The van der Waals surface area contributed by atoms with Crippen molar-refractivity contribution in [2.75, 3.05) is 26.2 Å². The molecule has 6 nitrogen and oxygen atoms in total. The van der Waals surface area contributed by atoms with E-state index in [2.05, 4.69) is 30.9 Å². The van der Waals surface area contributed by atoms with Crippen molar-refractivity contribution < 1.29 is 4.79 Å². The Hall–Kier alpha value is -1.67. The van der Waals surface area contributed by atoms with E-state index < -0.39 is 0 Å². The van der Waals surface area contributed by atoms with Crippen LogP contribution in [-0.4, -0.2) is 56.5 Å². The van der Waals surface area contributed by atoms with E-state index in [4.69, 9.17) is 23.2 Å². The molecular weight excluding hydrogens is 453 g/mol. The number of hydrogen-bond acceptors (Lipinski definition) is 4. The van der Waals surface area contributed by atoms with Crippen LogP contribution in [0.15, 0.2) is 41.1 Å². The van der Waals surface area contributed by atoms with Gasteiger partial charge in [0.05, 0.1) is 4.47 Å². The standard InChI is InChI=1S/C18H16BrCl2N5O/c19-15-16(23-26-5-1-4-22-17(15)26)18(27)25-8-6-24(7-9-25)11-12-2-3-13(20)10-14(12)21/h1-5,10H,6-9,11H2. The molecule has 0 bridgehead atoms. The number of amides is 1. The third-order valence-electron chi connectivity index (χ3n) is 4.61. The number of hydrogen-bond donors (Lipinski definition) is 0. The summed E-state index contributed by atoms with van der Waals surface area (Å²) in [6, 6.07) is 7.33. The van der Waals surface area contributed by atoms with Crippen LogP contribution in [0, 0.1) is 0 Å². The zero-order valence-corrected chi connectivity index (χ0v) is 17.4. The summed E-state index contributed by atoms with van der Waals surface area (Å²) in [7, 11) is 0. The van der Waals surface area contributed by atoms with Crippen LogP contribution in [-0.2, 0) is 6.54 Å². The van der Waals surface area contributed by atoms with E-state index in [0.717, 1.165) is 25.2 Å². The van der Waals surface area contributed by atoms with E-state index in [9.17, 15) is 4.79 Å². The number of piperazine rings is 1. The van der Waals surface area contributed by atoms with Gasteiger partial charge in [0.1, 0.15) is 0 Å². The molecule has 1 saturated heterocycles. The fourth-order valence-corrected chi connectivity index (χ4v) is 4.15. The van der Waals surface area contributed by atoms with Crippen molar-refractivity contribution in [1.29, 1.82) is 0 Å². The molecule has 9 heteroatoms. The lowest BCUT2D eigenvalue weighted by Crippen LogP contribution is -2.48. The number of aromatic nitrogens is 3. The fraction of sp³-hybridized carbons (Fsp3) is 0.278. The summed E-state index contributed by atoms with van der Waals surface area (Å²) in [6.07, 6.45) is 3.45. The fourth-order valence-electron chi connectivity index (χ4n) is 3.15. The number of rotatable bonds is 3. The molecule has 2 aromatic heterocycles. The average molecular weight is 469 g/mol. The second kappa shape index (κ2) is 7.75. The highest BCUT2D eigenvalue weighted by atomic mass is 79.9. The molecule has 0 N–H and O–H groups in total. The molecule has 0 saturated carbocycles. The summed E-state index contributed by atoms with van der Waals surface area (Å²) in [5.74, 6) is -0.0865. The summed E-state index contributed by atoms with van der Waals surface area (Å²) in [4.78, 5) is 21.2. The number of carbonyl (C=O) groups is 1. The van der Waals surface area contributed by atoms with Gasteiger partial charge >= 0.3 is 0 Å². The van der Waals surface area contributed by atoms with Gasteiger partial charge in [0, 0.05) is 55.2 Å². The topological polar surface area (TPSA) is 53.7 Å². The van der Waals surface area contributed by atoms with Crippen molar-refractivity contribution in [1.82, 2.24) is 24.4 Å². The second-order valence-corrected chi connectivity index (χ2v) is 7.99. The smallest absolute Gasteiger partial charge is 0.275 e. The normalized spacial score (nSPS) is 15.4. The Kier molecular flexibility index (Phi) is 5.36. The quantitative estimate of drug-likeness (QED) is 0.587. The molecule has 1 aliphatic rings. The number of carbonyl (C=O) groups excluding carboxylic acids is 1. The van der Waals surface area contributed by atoms with Crippen LogP contribution < -0.4 is 0 Å². The Labute approximate surface area is 174 Å². The molecule has 0 aliphatic carbocycles. The lowest BCUT2D eigenvalue weighted by atomic mass is 10.2. The summed E-state index contributed by atoms with van der Waals surface area (Å²) >= 11 is 15.7. The molecule has 0 radical (unpaired) electrons. The SMILES string of the molecule is O=C(c1nn2cccnc2c1Br)N1CCN(Cc2ccc(Cl)cc2Cl)CC1. The Balaban J connectivity index is 1.42. The Bertz CT molecular complexity index is 1000. The van der Waals surface area contributed by atoms with E-state index in [1.807, 2.05) is 17.0 Å². The van der Waals surface area contributed by atoms with E-state index in [1.165, 1.54) is 0 Å². The van der Waals surface area contributed by atoms with Crippen LogP contribution in [0.5, 0.6) is 0 Å². The monoisotopic (exact) mass is 467 g/mol. The minimum Gasteiger partial charge on any atom is -0.335 e. The summed E-state index contributed by atoms with van der Waals surface area (Å²) in [5.41, 5.74) is 2.06. The summed E-state index contributed by atoms with van der Waals surface area (Å²) in [5, 5.41) is 5.67. The van der Waals surface area contributed by atoms with Crippen LogP contribution in [0.2, 0.25) is 10.0 Å². The van der Waals surface area contributed by atoms with Crippen LogP contribution in [0.3, 0.4) is 0 Å². The van der Waals surface area contributed by atoms with Gasteiger partial charge < -0.3 is 4.90 Å². The van der Waals surface area contributed by atoms with E-state index in [-0.39, 0.29) is 5.91 Å². The molecular formula is C18H16BrCl2N5O. The molecule has 4 rings (SSSR count). The first-order valence-electron chi connectivity index (χ1n) is 8.47. The average Bonchev–Trinajstić information content (AvgIpc) is 3.01. The van der Waals surface area contributed by atoms with Gasteiger partial charge in [0.2, 0.25) is 0 Å². The van der Waals surface area contributed by atoms with Gasteiger partial charge in [-0.25, -0.2) is 9.50 Å². The van der Waals surface area contributed by atoms with Crippen molar-refractivity contribution in [2.45, 2.75) is 6.54 Å². The number of halogens is 3. The molecule has 1 fully saturated rings.